The highest BCUT2D eigenvalue weighted by atomic mass is 19.1. The lowest BCUT2D eigenvalue weighted by Gasteiger charge is -2.21. The van der Waals surface area contributed by atoms with Crippen LogP contribution in [-0.2, 0) is 6.54 Å². The molecule has 2 rings (SSSR count). The molecule has 0 radical (unpaired) electrons. The summed E-state index contributed by atoms with van der Waals surface area (Å²) in [6.45, 7) is 2.25. The summed E-state index contributed by atoms with van der Waals surface area (Å²) in [6, 6.07) is 10.2. The van der Waals surface area contributed by atoms with Gasteiger partial charge in [-0.15, -0.1) is 0 Å². The van der Waals surface area contributed by atoms with E-state index in [2.05, 4.69) is 4.98 Å². The van der Waals surface area contributed by atoms with Gasteiger partial charge in [0.15, 0.2) is 11.6 Å². The fourth-order valence-corrected chi connectivity index (χ4v) is 2.01. The van der Waals surface area contributed by atoms with E-state index in [4.69, 9.17) is 9.84 Å². The molecular weight excluding hydrogens is 271 g/mol. The number of aromatic nitrogens is 1. The van der Waals surface area contributed by atoms with E-state index < -0.39 is 0 Å². The van der Waals surface area contributed by atoms with Crippen LogP contribution >= 0.6 is 0 Å². The van der Waals surface area contributed by atoms with Crippen LogP contribution in [0.2, 0.25) is 0 Å². The molecule has 4 nitrogen and oxygen atoms in total. The topological polar surface area (TPSA) is 45.6 Å². The van der Waals surface area contributed by atoms with Crippen LogP contribution < -0.4 is 4.74 Å². The normalized spacial score (nSPS) is 10.8. The van der Waals surface area contributed by atoms with Crippen LogP contribution in [0.1, 0.15) is 5.56 Å². The van der Waals surface area contributed by atoms with Crippen molar-refractivity contribution < 1.29 is 14.2 Å². The third-order valence-corrected chi connectivity index (χ3v) is 3.05. The molecule has 0 aliphatic rings. The maximum atomic E-state index is 13.4. The fourth-order valence-electron chi connectivity index (χ4n) is 2.01. The number of ether oxygens (including phenoxy) is 1. The number of para-hydroxylation sites is 1. The first kappa shape index (κ1) is 15.4. The maximum absolute atomic E-state index is 13.4. The average molecular weight is 290 g/mol. The van der Waals surface area contributed by atoms with Crippen molar-refractivity contribution in [1.29, 1.82) is 0 Å². The number of halogens is 1. The Morgan fingerprint density at radius 1 is 1.14 bits per heavy atom. The van der Waals surface area contributed by atoms with E-state index in [1.165, 1.54) is 6.07 Å². The standard InChI is InChI=1S/C16H19FN2O2/c17-15-5-1-2-6-16(15)21-11-9-19(8-10-20)13-14-4-3-7-18-12-14/h1-7,12,20H,8-11,13H2. The first-order chi connectivity index (χ1) is 10.3. The van der Waals surface area contributed by atoms with E-state index in [1.54, 1.807) is 30.6 Å². The minimum Gasteiger partial charge on any atom is -0.489 e. The van der Waals surface area contributed by atoms with E-state index in [1.807, 2.05) is 17.0 Å². The minimum absolute atomic E-state index is 0.0694. The molecule has 1 N–H and O–H groups in total. The summed E-state index contributed by atoms with van der Waals surface area (Å²) in [5, 5.41) is 9.12. The Labute approximate surface area is 123 Å². The second kappa shape index (κ2) is 8.34. The quantitative estimate of drug-likeness (QED) is 0.808. The average Bonchev–Trinajstić information content (AvgIpc) is 2.50. The van der Waals surface area contributed by atoms with E-state index in [-0.39, 0.29) is 18.2 Å². The van der Waals surface area contributed by atoms with Crippen LogP contribution in [0.5, 0.6) is 5.75 Å². The van der Waals surface area contributed by atoms with Gasteiger partial charge in [0, 0.05) is 32.0 Å². The number of pyridine rings is 1. The predicted octanol–water partition coefficient (Wildman–Crippen LogP) is 2.09. The largest absolute Gasteiger partial charge is 0.489 e. The number of aliphatic hydroxyl groups excluding tert-OH is 1. The van der Waals surface area contributed by atoms with Crippen LogP contribution in [0.25, 0.3) is 0 Å². The summed E-state index contributed by atoms with van der Waals surface area (Å²) in [4.78, 5) is 6.11. The molecule has 0 atom stereocenters. The molecule has 5 heteroatoms. The highest BCUT2D eigenvalue weighted by molar-refractivity contribution is 5.23. The molecule has 0 bridgehead atoms. The Bertz CT molecular complexity index is 537. The van der Waals surface area contributed by atoms with Crippen LogP contribution in [0, 0.1) is 5.82 Å². The molecule has 0 aliphatic carbocycles. The number of hydrogen-bond acceptors (Lipinski definition) is 4. The first-order valence-corrected chi connectivity index (χ1v) is 6.89. The molecule has 1 aromatic heterocycles. The van der Waals surface area contributed by atoms with Crippen LogP contribution in [0.3, 0.4) is 0 Å². The summed E-state index contributed by atoms with van der Waals surface area (Å²) in [7, 11) is 0. The van der Waals surface area contributed by atoms with E-state index in [0.717, 1.165) is 5.56 Å². The van der Waals surface area contributed by atoms with Gasteiger partial charge >= 0.3 is 0 Å². The van der Waals surface area contributed by atoms with Crippen LogP contribution in [-0.4, -0.2) is 41.3 Å². The SMILES string of the molecule is OCCN(CCOc1ccccc1F)Cc1cccnc1. The molecule has 112 valence electrons. The first-order valence-electron chi connectivity index (χ1n) is 6.89. The second-order valence-corrected chi connectivity index (χ2v) is 4.64. The van der Waals surface area contributed by atoms with Crippen LogP contribution in [0.15, 0.2) is 48.8 Å². The highest BCUT2D eigenvalue weighted by Gasteiger charge is 2.07. The zero-order valence-electron chi connectivity index (χ0n) is 11.8. The van der Waals surface area contributed by atoms with Gasteiger partial charge < -0.3 is 9.84 Å². The maximum Gasteiger partial charge on any atom is 0.165 e. The lowest BCUT2D eigenvalue weighted by Crippen LogP contribution is -2.30. The highest BCUT2D eigenvalue weighted by Crippen LogP contribution is 2.15. The van der Waals surface area contributed by atoms with Crippen LogP contribution in [0.4, 0.5) is 4.39 Å². The molecule has 0 saturated heterocycles. The second-order valence-electron chi connectivity index (χ2n) is 4.64. The van der Waals surface area contributed by atoms with Gasteiger partial charge in [0.25, 0.3) is 0 Å². The lowest BCUT2D eigenvalue weighted by molar-refractivity contribution is 0.161. The number of nitrogens with zero attached hydrogens (tertiary/aromatic N) is 2. The third-order valence-electron chi connectivity index (χ3n) is 3.05. The molecule has 0 spiro atoms. The molecule has 2 aromatic rings. The van der Waals surface area contributed by atoms with Crippen molar-refractivity contribution in [2.45, 2.75) is 6.54 Å². The smallest absolute Gasteiger partial charge is 0.165 e. The minimum atomic E-state index is -0.363. The Kier molecular flexibility index (Phi) is 6.12. The molecule has 0 fully saturated rings. The molecule has 21 heavy (non-hydrogen) atoms. The zero-order valence-corrected chi connectivity index (χ0v) is 11.8. The van der Waals surface area contributed by atoms with Gasteiger partial charge in [-0.05, 0) is 23.8 Å². The molecular formula is C16H19FN2O2. The zero-order chi connectivity index (χ0) is 14.9. The number of aliphatic hydroxyl groups is 1. The number of benzene rings is 1. The predicted molar refractivity (Wildman–Crippen MR) is 78.5 cm³/mol. The van der Waals surface area contributed by atoms with Gasteiger partial charge in [0.2, 0.25) is 0 Å². The lowest BCUT2D eigenvalue weighted by atomic mass is 10.2. The third kappa shape index (κ3) is 5.13. The van der Waals surface area contributed by atoms with Gasteiger partial charge in [-0.25, -0.2) is 4.39 Å². The fraction of sp³-hybridized carbons (Fsp3) is 0.312. The molecule has 0 unspecified atom stereocenters. The van der Waals surface area contributed by atoms with E-state index in [9.17, 15) is 4.39 Å². The Morgan fingerprint density at radius 3 is 2.71 bits per heavy atom. The summed E-state index contributed by atoms with van der Waals surface area (Å²) in [5.41, 5.74) is 1.07. The monoisotopic (exact) mass is 290 g/mol. The summed E-state index contributed by atoms with van der Waals surface area (Å²) >= 11 is 0. The van der Waals surface area contributed by atoms with Crippen molar-refractivity contribution in [3.8, 4) is 5.75 Å². The van der Waals surface area contributed by atoms with E-state index >= 15 is 0 Å². The Balaban J connectivity index is 1.84. The van der Waals surface area contributed by atoms with Crippen molar-refractivity contribution in [2.75, 3.05) is 26.3 Å². The van der Waals surface area contributed by atoms with Gasteiger partial charge in [-0.3, -0.25) is 9.88 Å². The summed E-state index contributed by atoms with van der Waals surface area (Å²) in [6.07, 6.45) is 3.52. The molecule has 1 heterocycles. The molecule has 0 saturated carbocycles. The molecule has 0 aliphatic heterocycles. The van der Waals surface area contributed by atoms with Crippen molar-refractivity contribution in [2.24, 2.45) is 0 Å². The Morgan fingerprint density at radius 2 is 2.00 bits per heavy atom. The molecule has 1 aromatic carbocycles. The molecule has 0 amide bonds. The van der Waals surface area contributed by atoms with Gasteiger partial charge in [-0.1, -0.05) is 18.2 Å². The van der Waals surface area contributed by atoms with Crippen molar-refractivity contribution in [1.82, 2.24) is 9.88 Å². The number of hydrogen-bond donors (Lipinski definition) is 1. The van der Waals surface area contributed by atoms with Crippen molar-refractivity contribution in [3.05, 3.63) is 60.2 Å². The van der Waals surface area contributed by atoms with Gasteiger partial charge in [0.1, 0.15) is 6.61 Å². The van der Waals surface area contributed by atoms with Gasteiger partial charge in [-0.2, -0.15) is 0 Å². The summed E-state index contributed by atoms with van der Waals surface area (Å²) < 4.78 is 18.9. The van der Waals surface area contributed by atoms with Gasteiger partial charge in [0.05, 0.1) is 6.61 Å². The number of rotatable bonds is 8. The Hall–Kier alpha value is -1.98. The summed E-state index contributed by atoms with van der Waals surface area (Å²) in [5.74, 6) is -0.110. The van der Waals surface area contributed by atoms with E-state index in [0.29, 0.717) is 26.2 Å². The van der Waals surface area contributed by atoms with Crippen molar-refractivity contribution >= 4 is 0 Å². The van der Waals surface area contributed by atoms with Crippen molar-refractivity contribution in [3.63, 3.8) is 0 Å².